The second kappa shape index (κ2) is 11.7. The van der Waals surface area contributed by atoms with Gasteiger partial charge in [0.2, 0.25) is 11.8 Å². The second-order valence-electron chi connectivity index (χ2n) is 7.81. The summed E-state index contributed by atoms with van der Waals surface area (Å²) in [4.78, 5) is 25.9. The van der Waals surface area contributed by atoms with E-state index in [1.165, 1.54) is 11.1 Å². The molecule has 1 aliphatic rings. The second-order valence-corrected chi connectivity index (χ2v) is 7.81. The Kier molecular flexibility index (Phi) is 9.34. The third kappa shape index (κ3) is 6.21. The first-order valence-electron chi connectivity index (χ1n) is 10.5. The number of carbonyl (C=O) groups excluding carboxylic acids is 2. The lowest BCUT2D eigenvalue weighted by atomic mass is 9.94. The fourth-order valence-corrected chi connectivity index (χ4v) is 3.74. The Morgan fingerprint density at radius 3 is 2.52 bits per heavy atom. The molecular weight excluding hydrogens is 414 g/mol. The molecule has 2 aromatic carbocycles. The molecule has 3 unspecified atom stereocenters. The number of carbonyl (C=O) groups is 2. The Bertz CT molecular complexity index is 890. The molecule has 0 aliphatic carbocycles. The normalized spacial score (nSPS) is 16.8. The first kappa shape index (κ1) is 24.7. The highest BCUT2D eigenvalue weighted by Crippen LogP contribution is 2.18. The summed E-state index contributed by atoms with van der Waals surface area (Å²) in [6.07, 6.45) is 1.41. The van der Waals surface area contributed by atoms with E-state index in [0.717, 1.165) is 17.7 Å². The van der Waals surface area contributed by atoms with Gasteiger partial charge in [0.1, 0.15) is 11.8 Å². The van der Waals surface area contributed by atoms with Crippen LogP contribution in [0.4, 0.5) is 0 Å². The van der Waals surface area contributed by atoms with E-state index in [4.69, 9.17) is 4.74 Å². The molecule has 0 radical (unpaired) electrons. The lowest BCUT2D eigenvalue weighted by Gasteiger charge is -2.29. The molecule has 7 heteroatoms. The summed E-state index contributed by atoms with van der Waals surface area (Å²) < 4.78 is 5.35. The van der Waals surface area contributed by atoms with E-state index >= 15 is 0 Å². The van der Waals surface area contributed by atoms with E-state index in [-0.39, 0.29) is 36.2 Å². The summed E-state index contributed by atoms with van der Waals surface area (Å²) >= 11 is 0. The van der Waals surface area contributed by atoms with E-state index in [1.54, 1.807) is 7.11 Å². The summed E-state index contributed by atoms with van der Waals surface area (Å²) in [6.45, 7) is 5.01. The maximum absolute atomic E-state index is 12.9. The van der Waals surface area contributed by atoms with Crippen molar-refractivity contribution in [2.45, 2.75) is 51.9 Å². The first-order valence-corrected chi connectivity index (χ1v) is 10.5. The van der Waals surface area contributed by atoms with Crippen LogP contribution in [0.3, 0.4) is 0 Å². The van der Waals surface area contributed by atoms with Crippen LogP contribution in [0.5, 0.6) is 5.75 Å². The van der Waals surface area contributed by atoms with Crippen LogP contribution in [0.1, 0.15) is 37.0 Å². The van der Waals surface area contributed by atoms with Gasteiger partial charge < -0.3 is 20.7 Å². The van der Waals surface area contributed by atoms with Crippen LogP contribution in [0, 0.1) is 5.92 Å². The van der Waals surface area contributed by atoms with Gasteiger partial charge in [0.15, 0.2) is 0 Å². The number of rotatable bonds is 8. The number of halogens is 1. The summed E-state index contributed by atoms with van der Waals surface area (Å²) in [5, 5.41) is 9.24. The predicted molar refractivity (Wildman–Crippen MR) is 124 cm³/mol. The molecule has 6 nitrogen and oxygen atoms in total. The zero-order valence-corrected chi connectivity index (χ0v) is 19.1. The predicted octanol–water partition coefficient (Wildman–Crippen LogP) is 2.98. The molecule has 3 N–H and O–H groups in total. The van der Waals surface area contributed by atoms with Crippen molar-refractivity contribution in [3.8, 4) is 5.75 Å². The molecule has 0 bridgehead atoms. The van der Waals surface area contributed by atoms with Crippen LogP contribution in [0.15, 0.2) is 48.5 Å². The Balaban J connectivity index is 0.00000341. The van der Waals surface area contributed by atoms with Gasteiger partial charge in [-0.05, 0) is 29.5 Å². The van der Waals surface area contributed by atoms with E-state index in [2.05, 4.69) is 28.1 Å². The summed E-state index contributed by atoms with van der Waals surface area (Å²) in [7, 11) is 1.61. The molecule has 0 fully saturated rings. The fourth-order valence-electron chi connectivity index (χ4n) is 3.74. The number of para-hydroxylation sites is 1. The first-order chi connectivity index (χ1) is 14.5. The molecule has 0 saturated carbocycles. The molecule has 3 rings (SSSR count). The van der Waals surface area contributed by atoms with Gasteiger partial charge >= 0.3 is 0 Å². The monoisotopic (exact) mass is 445 g/mol. The zero-order chi connectivity index (χ0) is 21.5. The average molecular weight is 446 g/mol. The van der Waals surface area contributed by atoms with Crippen LogP contribution in [0.25, 0.3) is 0 Å². The Morgan fingerprint density at radius 2 is 1.81 bits per heavy atom. The Morgan fingerprint density at radius 1 is 1.13 bits per heavy atom. The van der Waals surface area contributed by atoms with Crippen molar-refractivity contribution >= 4 is 24.2 Å². The zero-order valence-electron chi connectivity index (χ0n) is 18.3. The number of hydrogen-bond donors (Lipinski definition) is 3. The third-order valence-electron chi connectivity index (χ3n) is 5.84. The molecule has 0 aromatic heterocycles. The van der Waals surface area contributed by atoms with Gasteiger partial charge in [-0.25, -0.2) is 0 Å². The van der Waals surface area contributed by atoms with Gasteiger partial charge in [0.25, 0.3) is 0 Å². The molecule has 0 spiro atoms. The smallest absolute Gasteiger partial charge is 0.243 e. The molecule has 2 aromatic rings. The van der Waals surface area contributed by atoms with Crippen molar-refractivity contribution in [2.24, 2.45) is 5.92 Å². The number of fused-ring (bicyclic) bond motifs is 1. The summed E-state index contributed by atoms with van der Waals surface area (Å²) in [6, 6.07) is 14.8. The molecule has 3 atom stereocenters. The molecule has 0 saturated heterocycles. The number of nitrogens with one attached hydrogen (secondary N) is 3. The van der Waals surface area contributed by atoms with Gasteiger partial charge in [-0.1, -0.05) is 62.7 Å². The van der Waals surface area contributed by atoms with Crippen LogP contribution < -0.4 is 20.7 Å². The minimum atomic E-state index is -0.587. The lowest BCUT2D eigenvalue weighted by molar-refractivity contribution is -0.131. The maximum atomic E-state index is 12.9. The SMILES string of the molecule is CCC(C)C(NC(=O)C1Cc2ccccc2CN1)C(=O)NCc1ccccc1OC.Cl. The highest BCUT2D eigenvalue weighted by molar-refractivity contribution is 5.90. The van der Waals surface area contributed by atoms with Crippen LogP contribution in [-0.4, -0.2) is 31.0 Å². The van der Waals surface area contributed by atoms with E-state index in [0.29, 0.717) is 19.5 Å². The highest BCUT2D eigenvalue weighted by atomic mass is 35.5. The number of benzene rings is 2. The van der Waals surface area contributed by atoms with Crippen molar-refractivity contribution in [1.29, 1.82) is 0 Å². The topological polar surface area (TPSA) is 79.5 Å². The van der Waals surface area contributed by atoms with Crippen LogP contribution >= 0.6 is 12.4 Å². The summed E-state index contributed by atoms with van der Waals surface area (Å²) in [5.74, 6) is 0.427. The lowest BCUT2D eigenvalue weighted by Crippen LogP contribution is -2.56. The van der Waals surface area contributed by atoms with Crippen molar-refractivity contribution in [1.82, 2.24) is 16.0 Å². The minimum Gasteiger partial charge on any atom is -0.496 e. The number of hydrogen-bond acceptors (Lipinski definition) is 4. The van der Waals surface area contributed by atoms with Crippen molar-refractivity contribution in [3.63, 3.8) is 0 Å². The standard InChI is InChI=1S/C24H31N3O3.ClH/c1-4-16(2)22(24(29)26-15-19-11-7-8-12-21(19)30-3)27-23(28)20-13-17-9-5-6-10-18(17)14-25-20;/h5-12,16,20,22,25H,4,13-15H2,1-3H3,(H,26,29)(H,27,28);1H. The van der Waals surface area contributed by atoms with E-state index in [1.807, 2.05) is 50.2 Å². The quantitative estimate of drug-likeness (QED) is 0.583. The number of methoxy groups -OCH3 is 1. The molecular formula is C24H32ClN3O3. The fraction of sp³-hybridized carbons (Fsp3) is 0.417. The largest absolute Gasteiger partial charge is 0.496 e. The molecule has 1 aliphatic heterocycles. The van der Waals surface area contributed by atoms with Crippen LogP contribution in [-0.2, 0) is 29.1 Å². The van der Waals surface area contributed by atoms with Gasteiger partial charge in [0, 0.05) is 18.7 Å². The average Bonchev–Trinajstić information content (AvgIpc) is 2.80. The van der Waals surface area contributed by atoms with Gasteiger partial charge in [-0.15, -0.1) is 12.4 Å². The molecule has 31 heavy (non-hydrogen) atoms. The minimum absolute atomic E-state index is 0. The highest BCUT2D eigenvalue weighted by Gasteiger charge is 2.30. The molecule has 1 heterocycles. The Hall–Kier alpha value is -2.57. The van der Waals surface area contributed by atoms with E-state index in [9.17, 15) is 9.59 Å². The van der Waals surface area contributed by atoms with Crippen molar-refractivity contribution < 1.29 is 14.3 Å². The number of ether oxygens (including phenoxy) is 1. The van der Waals surface area contributed by atoms with Crippen LogP contribution in [0.2, 0.25) is 0 Å². The van der Waals surface area contributed by atoms with Gasteiger partial charge in [-0.3, -0.25) is 9.59 Å². The van der Waals surface area contributed by atoms with E-state index < -0.39 is 6.04 Å². The van der Waals surface area contributed by atoms with Crippen molar-refractivity contribution in [2.75, 3.05) is 7.11 Å². The van der Waals surface area contributed by atoms with Gasteiger partial charge in [0.05, 0.1) is 13.2 Å². The van der Waals surface area contributed by atoms with Crippen molar-refractivity contribution in [3.05, 3.63) is 65.2 Å². The summed E-state index contributed by atoms with van der Waals surface area (Å²) in [5.41, 5.74) is 3.29. The Labute approximate surface area is 190 Å². The van der Waals surface area contributed by atoms with Gasteiger partial charge in [-0.2, -0.15) is 0 Å². The molecule has 168 valence electrons. The third-order valence-corrected chi connectivity index (χ3v) is 5.84. The number of amides is 2. The maximum Gasteiger partial charge on any atom is 0.243 e. The molecule has 2 amide bonds.